The van der Waals surface area contributed by atoms with Gasteiger partial charge in [0, 0.05) is 38.7 Å². The average molecular weight is 440 g/mol. The number of carbonyl (C=O) groups is 1. The fraction of sp³-hybridized carbons (Fsp3) is 0.500. The van der Waals surface area contributed by atoms with Gasteiger partial charge in [0.05, 0.1) is 5.69 Å². The summed E-state index contributed by atoms with van der Waals surface area (Å²) in [4.78, 5) is 16.3. The molecule has 1 unspecified atom stereocenters. The second kappa shape index (κ2) is 11.1. The van der Waals surface area contributed by atoms with Crippen LogP contribution < -0.4 is 0 Å². The third-order valence-corrected chi connectivity index (χ3v) is 5.03. The molecule has 174 valence electrons. The Morgan fingerprint density at radius 1 is 1.19 bits per heavy atom. The van der Waals surface area contributed by atoms with Gasteiger partial charge in [-0.1, -0.05) is 52.0 Å². The monoisotopic (exact) mass is 439 g/mol. The molecular weight excluding hydrogens is 402 g/mol. The predicted molar refractivity (Wildman–Crippen MR) is 131 cm³/mol. The molecule has 6 nitrogen and oxygen atoms in total. The number of aromatic nitrogens is 2. The van der Waals surface area contributed by atoms with Crippen molar-refractivity contribution in [2.45, 2.75) is 79.6 Å². The maximum atomic E-state index is 12.0. The Bertz CT molecular complexity index is 963. The Balaban J connectivity index is 2.62. The lowest BCUT2D eigenvalue weighted by atomic mass is 9.86. The molecule has 0 aliphatic heterocycles. The highest BCUT2D eigenvalue weighted by molar-refractivity contribution is 6.18. The van der Waals surface area contributed by atoms with Crippen molar-refractivity contribution in [1.29, 1.82) is 0 Å². The second-order valence-electron chi connectivity index (χ2n) is 8.87. The van der Waals surface area contributed by atoms with Gasteiger partial charge < -0.3 is 9.47 Å². The van der Waals surface area contributed by atoms with E-state index in [0.717, 1.165) is 28.9 Å². The molecular formula is C26H37N3O3. The van der Waals surface area contributed by atoms with Gasteiger partial charge in [-0.2, -0.15) is 5.10 Å². The van der Waals surface area contributed by atoms with Crippen molar-refractivity contribution in [1.82, 2.24) is 9.78 Å². The number of rotatable bonds is 9. The smallest absolute Gasteiger partial charge is 0.308 e. The highest BCUT2D eigenvalue weighted by Gasteiger charge is 2.22. The van der Waals surface area contributed by atoms with Crippen molar-refractivity contribution in [3.8, 4) is 0 Å². The highest BCUT2D eigenvalue weighted by Crippen LogP contribution is 2.30. The zero-order valence-electron chi connectivity index (χ0n) is 20.7. The first kappa shape index (κ1) is 25.4. The van der Waals surface area contributed by atoms with Gasteiger partial charge in [-0.25, -0.2) is 0 Å². The van der Waals surface area contributed by atoms with Crippen LogP contribution in [0.5, 0.6) is 0 Å². The molecule has 2 rings (SSSR count). The molecule has 0 amide bonds. The van der Waals surface area contributed by atoms with E-state index in [1.165, 1.54) is 5.56 Å². The van der Waals surface area contributed by atoms with Gasteiger partial charge >= 0.3 is 5.97 Å². The highest BCUT2D eigenvalue weighted by atomic mass is 16.7. The fourth-order valence-corrected chi connectivity index (χ4v) is 3.41. The first-order valence-corrected chi connectivity index (χ1v) is 11.3. The number of hydrogen-bond acceptors (Lipinski definition) is 5. The Kier molecular flexibility index (Phi) is 8.81. The topological polar surface area (TPSA) is 65.7 Å². The quantitative estimate of drug-likeness (QED) is 0.215. The average Bonchev–Trinajstić information content (AvgIpc) is 3.10. The van der Waals surface area contributed by atoms with E-state index in [9.17, 15) is 4.79 Å². The number of nitrogens with zero attached hydrogens (tertiary/aromatic N) is 3. The molecule has 6 heteroatoms. The third-order valence-electron chi connectivity index (χ3n) is 5.03. The summed E-state index contributed by atoms with van der Waals surface area (Å²) in [7, 11) is 1.73. The van der Waals surface area contributed by atoms with Gasteiger partial charge in [0.15, 0.2) is 5.76 Å². The minimum atomic E-state index is -0.751. The largest absolute Gasteiger partial charge is 0.452 e. The predicted octanol–water partition coefficient (Wildman–Crippen LogP) is 5.78. The molecule has 0 radical (unpaired) electrons. The number of esters is 1. The van der Waals surface area contributed by atoms with Crippen LogP contribution in [0.2, 0.25) is 0 Å². The van der Waals surface area contributed by atoms with E-state index in [-0.39, 0.29) is 11.4 Å². The molecule has 0 aliphatic rings. The van der Waals surface area contributed by atoms with Gasteiger partial charge in [0.25, 0.3) is 0 Å². The van der Waals surface area contributed by atoms with Gasteiger partial charge in [-0.3, -0.25) is 14.5 Å². The number of ether oxygens (including phenoxy) is 2. The SMILES string of the molecule is CCCC(=O)OC(C)O/C(=C(/C=NC)c1ccc(C(C)(C)C)cc1)c1cc(C)nn1CC. The van der Waals surface area contributed by atoms with Crippen LogP contribution in [-0.4, -0.2) is 35.3 Å². The first-order valence-electron chi connectivity index (χ1n) is 11.3. The molecule has 0 bridgehead atoms. The molecule has 1 atom stereocenters. The molecule has 0 fully saturated rings. The molecule has 0 aliphatic carbocycles. The van der Waals surface area contributed by atoms with E-state index in [1.54, 1.807) is 20.2 Å². The van der Waals surface area contributed by atoms with Crippen LogP contribution in [0.25, 0.3) is 11.3 Å². The van der Waals surface area contributed by atoms with Gasteiger partial charge in [-0.05, 0) is 42.9 Å². The molecule has 1 heterocycles. The van der Waals surface area contributed by atoms with E-state index in [1.807, 2.05) is 31.5 Å². The number of aryl methyl sites for hydroxylation is 2. The third kappa shape index (κ3) is 6.55. The van der Waals surface area contributed by atoms with Gasteiger partial charge in [0.1, 0.15) is 5.69 Å². The summed E-state index contributed by atoms with van der Waals surface area (Å²) in [6, 6.07) is 10.4. The first-order chi connectivity index (χ1) is 15.1. The van der Waals surface area contributed by atoms with E-state index in [0.29, 0.717) is 18.7 Å². The standard InChI is InChI=1S/C26H37N3O3/c1-9-11-24(30)31-19(4)32-25(23-16-18(3)28-29(23)10-2)22(17-27-8)20-12-14-21(15-13-20)26(5,6)7/h12-17,19H,9-11H2,1-8H3/b25-22-,27-17?. The van der Waals surface area contributed by atoms with E-state index in [2.05, 4.69) is 55.1 Å². The summed E-state index contributed by atoms with van der Waals surface area (Å²) in [5, 5.41) is 4.58. The van der Waals surface area contributed by atoms with Crippen molar-refractivity contribution in [3.63, 3.8) is 0 Å². The lowest BCUT2D eigenvalue weighted by Crippen LogP contribution is -2.19. The minimum absolute atomic E-state index is 0.0561. The number of hydrogen-bond donors (Lipinski definition) is 0. The van der Waals surface area contributed by atoms with Crippen LogP contribution in [0.4, 0.5) is 0 Å². The van der Waals surface area contributed by atoms with Crippen LogP contribution in [0.1, 0.15) is 76.9 Å². The van der Waals surface area contributed by atoms with Gasteiger partial charge in [-0.15, -0.1) is 0 Å². The van der Waals surface area contributed by atoms with Crippen LogP contribution in [-0.2, 0) is 26.2 Å². The van der Waals surface area contributed by atoms with Crippen molar-refractivity contribution >= 4 is 23.5 Å². The molecule has 32 heavy (non-hydrogen) atoms. The van der Waals surface area contributed by atoms with E-state index < -0.39 is 6.29 Å². The molecule has 2 aromatic rings. The zero-order valence-corrected chi connectivity index (χ0v) is 20.7. The van der Waals surface area contributed by atoms with E-state index in [4.69, 9.17) is 9.47 Å². The lowest BCUT2D eigenvalue weighted by molar-refractivity contribution is -0.164. The fourth-order valence-electron chi connectivity index (χ4n) is 3.41. The van der Waals surface area contributed by atoms with Crippen molar-refractivity contribution < 1.29 is 14.3 Å². The van der Waals surface area contributed by atoms with Crippen LogP contribution >= 0.6 is 0 Å². The van der Waals surface area contributed by atoms with Crippen molar-refractivity contribution in [3.05, 3.63) is 52.8 Å². The Morgan fingerprint density at radius 2 is 1.84 bits per heavy atom. The summed E-state index contributed by atoms with van der Waals surface area (Å²) in [6.45, 7) is 14.9. The zero-order chi connectivity index (χ0) is 23.9. The Morgan fingerprint density at radius 3 is 2.38 bits per heavy atom. The number of aliphatic imine (C=N–C) groups is 1. The van der Waals surface area contributed by atoms with Gasteiger partial charge in [0.2, 0.25) is 6.29 Å². The maximum Gasteiger partial charge on any atom is 0.308 e. The summed E-state index contributed by atoms with van der Waals surface area (Å²) in [5.41, 5.74) is 4.77. The molecule has 0 saturated carbocycles. The van der Waals surface area contributed by atoms with Crippen LogP contribution in [0.3, 0.4) is 0 Å². The number of benzene rings is 1. The van der Waals surface area contributed by atoms with Crippen molar-refractivity contribution in [2.24, 2.45) is 4.99 Å². The molecule has 0 N–H and O–H groups in total. The Labute approximate surface area is 192 Å². The molecule has 0 saturated heterocycles. The second-order valence-corrected chi connectivity index (χ2v) is 8.87. The normalized spacial score (nSPS) is 13.8. The molecule has 1 aromatic heterocycles. The summed E-state index contributed by atoms with van der Waals surface area (Å²) < 4.78 is 13.6. The number of allylic oxidation sites excluding steroid dienone is 1. The molecule has 1 aromatic carbocycles. The summed E-state index contributed by atoms with van der Waals surface area (Å²) in [5.74, 6) is 0.304. The summed E-state index contributed by atoms with van der Waals surface area (Å²) in [6.07, 6.45) is 2.11. The maximum absolute atomic E-state index is 12.0. The summed E-state index contributed by atoms with van der Waals surface area (Å²) >= 11 is 0. The van der Waals surface area contributed by atoms with E-state index >= 15 is 0 Å². The van der Waals surface area contributed by atoms with Crippen LogP contribution in [0.15, 0.2) is 35.3 Å². The number of carbonyl (C=O) groups excluding carboxylic acids is 1. The Hall–Kier alpha value is -2.89. The van der Waals surface area contributed by atoms with Crippen molar-refractivity contribution in [2.75, 3.05) is 7.05 Å². The molecule has 0 spiro atoms. The lowest BCUT2D eigenvalue weighted by Gasteiger charge is -2.22. The minimum Gasteiger partial charge on any atom is -0.452 e. The van der Waals surface area contributed by atoms with Crippen LogP contribution in [0, 0.1) is 6.92 Å².